The first-order chi connectivity index (χ1) is 5.92. The third kappa shape index (κ3) is 1.89. The Bertz CT molecular complexity index is 278. The molecule has 0 bridgehead atoms. The lowest BCUT2D eigenvalue weighted by Crippen LogP contribution is -2.25. The number of rotatable bonds is 1. The van der Waals surface area contributed by atoms with Crippen molar-refractivity contribution in [1.82, 2.24) is 15.3 Å². The molecule has 2 heterocycles. The van der Waals surface area contributed by atoms with E-state index in [1.165, 1.54) is 0 Å². The van der Waals surface area contributed by atoms with Gasteiger partial charge in [0, 0.05) is 25.1 Å². The molecule has 0 atom stereocenters. The van der Waals surface area contributed by atoms with Gasteiger partial charge in [-0.1, -0.05) is 0 Å². The molecular weight excluding hydrogens is 190 g/mol. The van der Waals surface area contributed by atoms with Crippen LogP contribution in [0.25, 0.3) is 0 Å². The van der Waals surface area contributed by atoms with E-state index in [1.807, 2.05) is 0 Å². The normalized spacial score (nSPS) is 14.2. The van der Waals surface area contributed by atoms with Gasteiger partial charge in [-0.3, -0.25) is 0 Å². The van der Waals surface area contributed by atoms with E-state index >= 15 is 0 Å². The van der Waals surface area contributed by atoms with Crippen molar-refractivity contribution in [2.75, 3.05) is 13.7 Å². The fourth-order valence-corrected chi connectivity index (χ4v) is 1.42. The summed E-state index contributed by atoms with van der Waals surface area (Å²) in [6.07, 6.45) is 2.52. The summed E-state index contributed by atoms with van der Waals surface area (Å²) < 4.78 is 5.12. The summed E-state index contributed by atoms with van der Waals surface area (Å²) in [5.41, 5.74) is 2.21. The fraction of sp³-hybridized carbons (Fsp3) is 0.500. The van der Waals surface area contributed by atoms with Gasteiger partial charge in [0.25, 0.3) is 0 Å². The largest absolute Gasteiger partial charge is 0.481 e. The number of fused-ring (bicyclic) bond motifs is 1. The van der Waals surface area contributed by atoms with Crippen LogP contribution in [0, 0.1) is 0 Å². The number of ether oxygens (including phenoxy) is 1. The van der Waals surface area contributed by atoms with Crippen molar-refractivity contribution in [3.8, 4) is 5.88 Å². The number of nitrogens with zero attached hydrogens (tertiary/aromatic N) is 2. The number of hydrogen-bond acceptors (Lipinski definition) is 4. The van der Waals surface area contributed by atoms with Gasteiger partial charge in [0.05, 0.1) is 12.8 Å². The van der Waals surface area contributed by atoms with Gasteiger partial charge in [0.1, 0.15) is 6.33 Å². The van der Waals surface area contributed by atoms with E-state index in [1.54, 1.807) is 13.4 Å². The van der Waals surface area contributed by atoms with E-state index in [0.29, 0.717) is 5.88 Å². The molecule has 0 fully saturated rings. The maximum absolute atomic E-state index is 5.12. The number of methoxy groups -OCH3 is 1. The molecule has 13 heavy (non-hydrogen) atoms. The maximum atomic E-state index is 5.12. The van der Waals surface area contributed by atoms with Crippen molar-refractivity contribution in [3.63, 3.8) is 0 Å². The molecule has 1 aromatic heterocycles. The van der Waals surface area contributed by atoms with Gasteiger partial charge in [-0.2, -0.15) is 0 Å². The molecular formula is C8H12ClN3O. The lowest BCUT2D eigenvalue weighted by Gasteiger charge is -2.16. The summed E-state index contributed by atoms with van der Waals surface area (Å²) in [5, 5.41) is 3.26. The predicted octanol–water partition coefficient (Wildman–Crippen LogP) is 0.553. The highest BCUT2D eigenvalue weighted by molar-refractivity contribution is 5.85. The van der Waals surface area contributed by atoms with Crippen LogP contribution >= 0.6 is 12.4 Å². The second-order valence-corrected chi connectivity index (χ2v) is 2.73. The number of nitrogens with one attached hydrogen (secondary N) is 1. The van der Waals surface area contributed by atoms with Gasteiger partial charge in [-0.15, -0.1) is 12.4 Å². The number of halogens is 1. The molecule has 1 N–H and O–H groups in total. The van der Waals surface area contributed by atoms with Crippen molar-refractivity contribution in [3.05, 3.63) is 17.6 Å². The zero-order chi connectivity index (χ0) is 8.39. The minimum Gasteiger partial charge on any atom is -0.481 e. The van der Waals surface area contributed by atoms with E-state index in [2.05, 4.69) is 15.3 Å². The summed E-state index contributed by atoms with van der Waals surface area (Å²) >= 11 is 0. The minimum absolute atomic E-state index is 0. The Balaban J connectivity index is 0.000000845. The summed E-state index contributed by atoms with van der Waals surface area (Å²) in [6, 6.07) is 0. The molecule has 0 radical (unpaired) electrons. The van der Waals surface area contributed by atoms with Crippen LogP contribution in [0.15, 0.2) is 6.33 Å². The molecule has 0 saturated heterocycles. The standard InChI is InChI=1S/C8H11N3O.ClH/c1-12-8-6-4-9-3-2-7(6)10-5-11-8;/h5,9H,2-4H2,1H3;1H. The molecule has 0 spiro atoms. The van der Waals surface area contributed by atoms with Crippen LogP contribution in [0.4, 0.5) is 0 Å². The zero-order valence-corrected chi connectivity index (χ0v) is 8.23. The highest BCUT2D eigenvalue weighted by atomic mass is 35.5. The van der Waals surface area contributed by atoms with E-state index in [4.69, 9.17) is 4.74 Å². The lowest BCUT2D eigenvalue weighted by molar-refractivity contribution is 0.385. The monoisotopic (exact) mass is 201 g/mol. The molecule has 4 nitrogen and oxygen atoms in total. The number of aromatic nitrogens is 2. The lowest BCUT2D eigenvalue weighted by atomic mass is 10.1. The minimum atomic E-state index is 0. The second-order valence-electron chi connectivity index (χ2n) is 2.73. The van der Waals surface area contributed by atoms with Crippen molar-refractivity contribution >= 4 is 12.4 Å². The SMILES string of the molecule is COc1ncnc2c1CNCC2.Cl. The third-order valence-electron chi connectivity index (χ3n) is 2.03. The van der Waals surface area contributed by atoms with Crippen LogP contribution in [0.1, 0.15) is 11.3 Å². The molecule has 1 aliphatic rings. The average molecular weight is 202 g/mol. The van der Waals surface area contributed by atoms with E-state index < -0.39 is 0 Å². The van der Waals surface area contributed by atoms with Gasteiger partial charge in [-0.25, -0.2) is 9.97 Å². The van der Waals surface area contributed by atoms with Crippen LogP contribution < -0.4 is 10.1 Å². The molecule has 0 unspecified atom stereocenters. The first kappa shape index (κ1) is 10.2. The molecule has 0 amide bonds. The molecule has 72 valence electrons. The number of hydrogen-bond donors (Lipinski definition) is 1. The highest BCUT2D eigenvalue weighted by Gasteiger charge is 2.14. The Kier molecular flexibility index (Phi) is 3.45. The second kappa shape index (κ2) is 4.39. The maximum Gasteiger partial charge on any atom is 0.220 e. The van der Waals surface area contributed by atoms with Crippen LogP contribution in [0.2, 0.25) is 0 Å². The Morgan fingerprint density at radius 1 is 1.46 bits per heavy atom. The molecule has 0 saturated carbocycles. The molecule has 0 aromatic carbocycles. The Morgan fingerprint density at radius 3 is 3.08 bits per heavy atom. The molecule has 1 aromatic rings. The fourth-order valence-electron chi connectivity index (χ4n) is 1.42. The molecule has 5 heteroatoms. The summed E-state index contributed by atoms with van der Waals surface area (Å²) in [7, 11) is 1.64. The van der Waals surface area contributed by atoms with E-state index in [9.17, 15) is 0 Å². The quantitative estimate of drug-likeness (QED) is 0.721. The van der Waals surface area contributed by atoms with Gasteiger partial charge >= 0.3 is 0 Å². The highest BCUT2D eigenvalue weighted by Crippen LogP contribution is 2.19. The smallest absolute Gasteiger partial charge is 0.220 e. The van der Waals surface area contributed by atoms with Crippen LogP contribution in [0.3, 0.4) is 0 Å². The summed E-state index contributed by atoms with van der Waals surface area (Å²) in [4.78, 5) is 8.23. The molecule has 2 rings (SSSR count). The Morgan fingerprint density at radius 2 is 2.31 bits per heavy atom. The van der Waals surface area contributed by atoms with Gasteiger partial charge < -0.3 is 10.1 Å². The first-order valence-electron chi connectivity index (χ1n) is 3.99. The van der Waals surface area contributed by atoms with Crippen molar-refractivity contribution in [2.45, 2.75) is 13.0 Å². The van der Waals surface area contributed by atoms with E-state index in [0.717, 1.165) is 30.8 Å². The zero-order valence-electron chi connectivity index (χ0n) is 7.41. The summed E-state index contributed by atoms with van der Waals surface area (Å²) in [5.74, 6) is 0.701. The van der Waals surface area contributed by atoms with Crippen molar-refractivity contribution in [2.24, 2.45) is 0 Å². The first-order valence-corrected chi connectivity index (χ1v) is 3.99. The Labute approximate surface area is 83.1 Å². The van der Waals surface area contributed by atoms with Gasteiger partial charge in [0.2, 0.25) is 5.88 Å². The third-order valence-corrected chi connectivity index (χ3v) is 2.03. The molecule has 1 aliphatic heterocycles. The average Bonchev–Trinajstić information content (AvgIpc) is 2.17. The topological polar surface area (TPSA) is 47.0 Å². The summed E-state index contributed by atoms with van der Waals surface area (Å²) in [6.45, 7) is 1.81. The van der Waals surface area contributed by atoms with Crippen LogP contribution in [-0.4, -0.2) is 23.6 Å². The predicted molar refractivity (Wildman–Crippen MR) is 51.2 cm³/mol. The molecule has 0 aliphatic carbocycles. The van der Waals surface area contributed by atoms with Crippen LogP contribution in [-0.2, 0) is 13.0 Å². The van der Waals surface area contributed by atoms with E-state index in [-0.39, 0.29) is 12.4 Å². The van der Waals surface area contributed by atoms with Crippen molar-refractivity contribution in [1.29, 1.82) is 0 Å². The van der Waals surface area contributed by atoms with Crippen molar-refractivity contribution < 1.29 is 4.74 Å². The Hall–Kier alpha value is -0.870. The van der Waals surface area contributed by atoms with Gasteiger partial charge in [0.15, 0.2) is 0 Å². The van der Waals surface area contributed by atoms with Gasteiger partial charge in [-0.05, 0) is 0 Å². The van der Waals surface area contributed by atoms with Crippen LogP contribution in [0.5, 0.6) is 5.88 Å².